The fraction of sp³-hybridized carbons (Fsp3) is 0.565. The number of piperidine rings is 1. The molecule has 1 atom stereocenters. The molecule has 0 saturated carbocycles. The molecule has 0 radical (unpaired) electrons. The summed E-state index contributed by atoms with van der Waals surface area (Å²) in [5.41, 5.74) is 3.93. The van der Waals surface area contributed by atoms with Crippen LogP contribution in [0.3, 0.4) is 0 Å². The molecule has 1 fully saturated rings. The Labute approximate surface area is 163 Å². The quantitative estimate of drug-likeness (QED) is 0.548. The van der Waals surface area contributed by atoms with Gasteiger partial charge in [0.2, 0.25) is 0 Å². The maximum atomic E-state index is 6.56. The van der Waals surface area contributed by atoms with Gasteiger partial charge in [-0.3, -0.25) is 0 Å². The van der Waals surface area contributed by atoms with E-state index < -0.39 is 0 Å². The summed E-state index contributed by atoms with van der Waals surface area (Å²) in [6, 6.07) is 6.20. The standard InChI is InChI=1S/C23H32ClNO/c1-17-6-7-20(15-18(17)2)22-9-8-21(16-23(22)24)26-14-4-5-19-10-12-25(3)13-11-19/h6,8-9,15-16,19-20H,4-5,7,10-14H2,1-3H3. The lowest BCUT2D eigenvalue weighted by atomic mass is 9.87. The summed E-state index contributed by atoms with van der Waals surface area (Å²) in [5.74, 6) is 2.15. The molecule has 0 amide bonds. The minimum absolute atomic E-state index is 0.379. The number of nitrogens with zero attached hydrogens (tertiary/aromatic N) is 1. The Kier molecular flexibility index (Phi) is 6.83. The summed E-state index contributed by atoms with van der Waals surface area (Å²) in [6.07, 6.45) is 10.7. The zero-order valence-corrected chi connectivity index (χ0v) is 17.2. The lowest BCUT2D eigenvalue weighted by Crippen LogP contribution is -2.30. The van der Waals surface area contributed by atoms with Gasteiger partial charge in [0, 0.05) is 10.9 Å². The summed E-state index contributed by atoms with van der Waals surface area (Å²) in [7, 11) is 2.22. The van der Waals surface area contributed by atoms with E-state index in [1.165, 1.54) is 49.1 Å². The molecule has 142 valence electrons. The molecule has 26 heavy (non-hydrogen) atoms. The number of allylic oxidation sites excluding steroid dienone is 4. The van der Waals surface area contributed by atoms with Crippen molar-refractivity contribution in [2.45, 2.75) is 51.9 Å². The molecule has 1 aromatic carbocycles. The van der Waals surface area contributed by atoms with E-state index in [1.54, 1.807) is 0 Å². The smallest absolute Gasteiger partial charge is 0.120 e. The van der Waals surface area contributed by atoms with Crippen molar-refractivity contribution in [2.24, 2.45) is 5.92 Å². The van der Waals surface area contributed by atoms with E-state index >= 15 is 0 Å². The summed E-state index contributed by atoms with van der Waals surface area (Å²) in [6.45, 7) is 7.62. The van der Waals surface area contributed by atoms with Crippen LogP contribution in [0.1, 0.15) is 57.4 Å². The van der Waals surface area contributed by atoms with Crippen LogP contribution in [0, 0.1) is 5.92 Å². The van der Waals surface area contributed by atoms with Gasteiger partial charge < -0.3 is 9.64 Å². The van der Waals surface area contributed by atoms with Gasteiger partial charge in [0.05, 0.1) is 6.61 Å². The molecular formula is C23H32ClNO. The first-order valence-corrected chi connectivity index (χ1v) is 10.4. The lowest BCUT2D eigenvalue weighted by molar-refractivity contribution is 0.200. The number of benzene rings is 1. The van der Waals surface area contributed by atoms with Crippen LogP contribution in [0.5, 0.6) is 5.75 Å². The van der Waals surface area contributed by atoms with Crippen molar-refractivity contribution in [2.75, 3.05) is 26.7 Å². The van der Waals surface area contributed by atoms with E-state index in [0.717, 1.165) is 36.1 Å². The summed E-state index contributed by atoms with van der Waals surface area (Å²) < 4.78 is 5.96. The Morgan fingerprint density at radius 1 is 1.15 bits per heavy atom. The van der Waals surface area contributed by atoms with E-state index in [0.29, 0.717) is 5.92 Å². The third-order valence-electron chi connectivity index (χ3n) is 5.99. The van der Waals surface area contributed by atoms with Gasteiger partial charge >= 0.3 is 0 Å². The van der Waals surface area contributed by atoms with Crippen molar-refractivity contribution in [3.63, 3.8) is 0 Å². The molecule has 1 saturated heterocycles. The number of halogens is 1. The molecule has 0 bridgehead atoms. The van der Waals surface area contributed by atoms with Crippen LogP contribution in [0.4, 0.5) is 0 Å². The Hall–Kier alpha value is -1.25. The van der Waals surface area contributed by atoms with Crippen LogP contribution in [0.15, 0.2) is 41.5 Å². The topological polar surface area (TPSA) is 12.5 Å². The highest BCUT2D eigenvalue weighted by atomic mass is 35.5. The largest absolute Gasteiger partial charge is 0.494 e. The summed E-state index contributed by atoms with van der Waals surface area (Å²) in [4.78, 5) is 2.43. The lowest BCUT2D eigenvalue weighted by Gasteiger charge is -2.28. The molecule has 3 rings (SSSR count). The SMILES string of the molecule is CC1=CCC(c2ccc(OCCCC3CCN(C)CC3)cc2Cl)C=C1C. The van der Waals surface area contributed by atoms with Gasteiger partial charge in [-0.2, -0.15) is 0 Å². The summed E-state index contributed by atoms with van der Waals surface area (Å²) in [5, 5.41) is 0.819. The second-order valence-corrected chi connectivity index (χ2v) is 8.41. The van der Waals surface area contributed by atoms with Crippen molar-refractivity contribution in [1.29, 1.82) is 0 Å². The molecule has 0 spiro atoms. The second-order valence-electron chi connectivity index (χ2n) is 8.00. The number of hydrogen-bond acceptors (Lipinski definition) is 2. The monoisotopic (exact) mass is 373 g/mol. The number of rotatable bonds is 6. The molecule has 0 N–H and O–H groups in total. The third kappa shape index (κ3) is 5.14. The fourth-order valence-electron chi connectivity index (χ4n) is 3.99. The first-order valence-electron chi connectivity index (χ1n) is 9.99. The first-order chi connectivity index (χ1) is 12.5. The van der Waals surface area contributed by atoms with E-state index in [2.05, 4.69) is 50.1 Å². The van der Waals surface area contributed by atoms with Crippen molar-refractivity contribution in [3.05, 3.63) is 52.1 Å². The Bertz CT molecular complexity index is 671. The average Bonchev–Trinajstić information content (AvgIpc) is 2.63. The van der Waals surface area contributed by atoms with Crippen LogP contribution >= 0.6 is 11.6 Å². The van der Waals surface area contributed by atoms with Crippen molar-refractivity contribution < 1.29 is 4.74 Å². The number of ether oxygens (including phenoxy) is 1. The molecule has 2 aliphatic rings. The van der Waals surface area contributed by atoms with Gasteiger partial charge in [0.15, 0.2) is 0 Å². The molecule has 1 heterocycles. The molecule has 1 aromatic rings. The third-order valence-corrected chi connectivity index (χ3v) is 6.31. The highest BCUT2D eigenvalue weighted by molar-refractivity contribution is 6.31. The van der Waals surface area contributed by atoms with E-state index in [4.69, 9.17) is 16.3 Å². The van der Waals surface area contributed by atoms with Crippen LogP contribution in [0.25, 0.3) is 0 Å². The van der Waals surface area contributed by atoms with Gasteiger partial charge in [-0.05, 0) is 89.7 Å². The van der Waals surface area contributed by atoms with Gasteiger partial charge in [0.25, 0.3) is 0 Å². The molecule has 3 heteroatoms. The van der Waals surface area contributed by atoms with E-state index in [1.807, 2.05) is 6.07 Å². The normalized spacial score (nSPS) is 22.1. The maximum Gasteiger partial charge on any atom is 0.120 e. The molecule has 0 aromatic heterocycles. The molecule has 2 nitrogen and oxygen atoms in total. The fourth-order valence-corrected chi connectivity index (χ4v) is 4.30. The van der Waals surface area contributed by atoms with Crippen LogP contribution < -0.4 is 4.74 Å². The van der Waals surface area contributed by atoms with Gasteiger partial charge in [-0.1, -0.05) is 41.0 Å². The molecule has 1 aliphatic heterocycles. The zero-order valence-electron chi connectivity index (χ0n) is 16.4. The van der Waals surface area contributed by atoms with Crippen LogP contribution in [0.2, 0.25) is 5.02 Å². The van der Waals surface area contributed by atoms with E-state index in [-0.39, 0.29) is 0 Å². The average molecular weight is 374 g/mol. The van der Waals surface area contributed by atoms with Crippen molar-refractivity contribution in [3.8, 4) is 5.75 Å². The number of likely N-dealkylation sites (tertiary alicyclic amines) is 1. The Morgan fingerprint density at radius 2 is 1.92 bits per heavy atom. The number of hydrogen-bond donors (Lipinski definition) is 0. The maximum absolute atomic E-state index is 6.56. The van der Waals surface area contributed by atoms with Gasteiger partial charge in [0.1, 0.15) is 5.75 Å². The summed E-state index contributed by atoms with van der Waals surface area (Å²) >= 11 is 6.56. The second kappa shape index (κ2) is 9.10. The Morgan fingerprint density at radius 3 is 2.62 bits per heavy atom. The van der Waals surface area contributed by atoms with Gasteiger partial charge in [-0.15, -0.1) is 0 Å². The Balaban J connectivity index is 1.47. The molecule has 1 aliphatic carbocycles. The zero-order chi connectivity index (χ0) is 18.5. The molecule has 1 unspecified atom stereocenters. The minimum Gasteiger partial charge on any atom is -0.494 e. The predicted molar refractivity (Wildman–Crippen MR) is 111 cm³/mol. The van der Waals surface area contributed by atoms with Gasteiger partial charge in [-0.25, -0.2) is 0 Å². The molecular weight excluding hydrogens is 342 g/mol. The van der Waals surface area contributed by atoms with Crippen molar-refractivity contribution in [1.82, 2.24) is 4.90 Å². The highest BCUT2D eigenvalue weighted by Crippen LogP contribution is 2.35. The van der Waals surface area contributed by atoms with E-state index in [9.17, 15) is 0 Å². The highest BCUT2D eigenvalue weighted by Gasteiger charge is 2.17. The first kappa shape index (κ1) is 19.5. The van der Waals surface area contributed by atoms with Crippen molar-refractivity contribution >= 4 is 11.6 Å². The predicted octanol–water partition coefficient (Wildman–Crippen LogP) is 6.22. The van der Waals surface area contributed by atoms with Crippen LogP contribution in [-0.2, 0) is 0 Å². The van der Waals surface area contributed by atoms with Crippen LogP contribution in [-0.4, -0.2) is 31.6 Å². The minimum atomic E-state index is 0.379.